The second-order valence-electron chi connectivity index (χ2n) is 4.97. The number of ether oxygens (including phenoxy) is 1. The number of benzene rings is 1. The van der Waals surface area contributed by atoms with E-state index in [1.165, 1.54) is 11.3 Å². The van der Waals surface area contributed by atoms with E-state index in [2.05, 4.69) is 31.2 Å². The van der Waals surface area contributed by atoms with E-state index in [9.17, 15) is 14.4 Å². The Morgan fingerprint density at radius 3 is 2.71 bits per heavy atom. The normalized spacial score (nSPS) is 10.7. The van der Waals surface area contributed by atoms with E-state index in [1.807, 2.05) is 16.8 Å². The lowest BCUT2D eigenvalue weighted by molar-refractivity contribution is -0.146. The molecule has 7 nitrogen and oxygen atoms in total. The van der Waals surface area contributed by atoms with Gasteiger partial charge in [-0.2, -0.15) is 11.3 Å². The standard InChI is InChI=1S/C15H12BrN3O4S/c16-9-4-11-12(19-15(22)18-11)5-10(9)17-13(20)6-23-14(21)3-8-1-2-24-7-8/h1-2,4-5,7H,3,6H2,(H,17,20)(H2,18,19,22). The van der Waals surface area contributed by atoms with Gasteiger partial charge in [-0.3, -0.25) is 9.59 Å². The van der Waals surface area contributed by atoms with Crippen molar-refractivity contribution in [1.29, 1.82) is 0 Å². The van der Waals surface area contributed by atoms with E-state index in [0.29, 0.717) is 21.2 Å². The number of rotatable bonds is 5. The molecule has 2 heterocycles. The van der Waals surface area contributed by atoms with Gasteiger partial charge < -0.3 is 20.0 Å². The van der Waals surface area contributed by atoms with Gasteiger partial charge in [0.25, 0.3) is 5.91 Å². The highest BCUT2D eigenvalue weighted by Gasteiger charge is 2.12. The molecule has 0 saturated carbocycles. The molecule has 24 heavy (non-hydrogen) atoms. The van der Waals surface area contributed by atoms with Crippen LogP contribution in [0.15, 0.2) is 38.2 Å². The third-order valence-electron chi connectivity index (χ3n) is 3.17. The Labute approximate surface area is 148 Å². The third-order valence-corrected chi connectivity index (χ3v) is 4.56. The maximum absolute atomic E-state index is 11.9. The fourth-order valence-electron chi connectivity index (χ4n) is 2.10. The van der Waals surface area contributed by atoms with Gasteiger partial charge in [0.05, 0.1) is 23.1 Å². The average Bonchev–Trinajstić information content (AvgIpc) is 3.14. The lowest BCUT2D eigenvalue weighted by Crippen LogP contribution is -2.21. The number of fused-ring (bicyclic) bond motifs is 1. The predicted octanol–water partition coefficient (Wildman–Crippen LogP) is 2.40. The summed E-state index contributed by atoms with van der Waals surface area (Å²) in [6.07, 6.45) is 0.136. The van der Waals surface area contributed by atoms with Crippen LogP contribution in [0.2, 0.25) is 0 Å². The first-order valence-electron chi connectivity index (χ1n) is 6.89. The lowest BCUT2D eigenvalue weighted by Gasteiger charge is -2.08. The van der Waals surface area contributed by atoms with Crippen molar-refractivity contribution in [2.24, 2.45) is 0 Å². The number of amides is 1. The molecule has 9 heteroatoms. The number of hydrogen-bond donors (Lipinski definition) is 3. The van der Waals surface area contributed by atoms with E-state index >= 15 is 0 Å². The van der Waals surface area contributed by atoms with Crippen LogP contribution in [0.5, 0.6) is 0 Å². The van der Waals surface area contributed by atoms with Gasteiger partial charge >= 0.3 is 11.7 Å². The first-order chi connectivity index (χ1) is 11.5. The number of aromatic nitrogens is 2. The molecule has 3 N–H and O–H groups in total. The summed E-state index contributed by atoms with van der Waals surface area (Å²) in [5, 5.41) is 6.35. The van der Waals surface area contributed by atoms with Crippen LogP contribution in [-0.4, -0.2) is 28.5 Å². The van der Waals surface area contributed by atoms with Gasteiger partial charge in [0.15, 0.2) is 6.61 Å². The van der Waals surface area contributed by atoms with Crippen LogP contribution in [0.3, 0.4) is 0 Å². The summed E-state index contributed by atoms with van der Waals surface area (Å²) in [5.74, 6) is -0.931. The summed E-state index contributed by atoms with van der Waals surface area (Å²) in [4.78, 5) is 40.1. The minimum atomic E-state index is -0.466. The van der Waals surface area contributed by atoms with Gasteiger partial charge in [-0.1, -0.05) is 0 Å². The highest BCUT2D eigenvalue weighted by Crippen LogP contribution is 2.26. The Hall–Kier alpha value is -2.39. The molecule has 0 spiro atoms. The summed E-state index contributed by atoms with van der Waals surface area (Å²) in [6, 6.07) is 5.11. The molecule has 0 unspecified atom stereocenters. The highest BCUT2D eigenvalue weighted by atomic mass is 79.9. The smallest absolute Gasteiger partial charge is 0.323 e. The maximum Gasteiger partial charge on any atom is 0.323 e. The lowest BCUT2D eigenvalue weighted by atomic mass is 10.2. The van der Waals surface area contributed by atoms with Crippen molar-refractivity contribution in [3.63, 3.8) is 0 Å². The summed E-state index contributed by atoms with van der Waals surface area (Å²) in [6.45, 7) is -0.378. The molecule has 0 bridgehead atoms. The molecular weight excluding hydrogens is 398 g/mol. The molecular formula is C15H12BrN3O4S. The second-order valence-corrected chi connectivity index (χ2v) is 6.61. The minimum Gasteiger partial charge on any atom is -0.455 e. The maximum atomic E-state index is 11.9. The Morgan fingerprint density at radius 2 is 2.00 bits per heavy atom. The molecule has 124 valence electrons. The highest BCUT2D eigenvalue weighted by molar-refractivity contribution is 9.10. The summed E-state index contributed by atoms with van der Waals surface area (Å²) < 4.78 is 5.56. The quantitative estimate of drug-likeness (QED) is 0.562. The van der Waals surface area contributed by atoms with Gasteiger partial charge in [0.1, 0.15) is 0 Å². The number of aromatic amines is 2. The molecule has 0 aliphatic carbocycles. The number of thiophene rings is 1. The summed E-state index contributed by atoms with van der Waals surface area (Å²) in [5.41, 5.74) is 2.18. The van der Waals surface area contributed by atoms with Crippen molar-refractivity contribution < 1.29 is 14.3 Å². The molecule has 0 fully saturated rings. The Bertz CT molecular complexity index is 945. The Balaban J connectivity index is 1.59. The van der Waals surface area contributed by atoms with Crippen LogP contribution in [-0.2, 0) is 20.7 Å². The van der Waals surface area contributed by atoms with E-state index in [-0.39, 0.29) is 18.7 Å². The molecule has 3 aromatic rings. The number of H-pyrrole nitrogens is 2. The van der Waals surface area contributed by atoms with Gasteiger partial charge in [0.2, 0.25) is 0 Å². The van der Waals surface area contributed by atoms with E-state index < -0.39 is 11.9 Å². The number of nitrogens with one attached hydrogen (secondary N) is 3. The van der Waals surface area contributed by atoms with E-state index in [4.69, 9.17) is 4.74 Å². The van der Waals surface area contributed by atoms with Gasteiger partial charge in [-0.25, -0.2) is 4.79 Å². The number of halogens is 1. The molecule has 1 amide bonds. The van der Waals surface area contributed by atoms with Gasteiger partial charge in [-0.05, 0) is 50.5 Å². The minimum absolute atomic E-state index is 0.136. The summed E-state index contributed by atoms with van der Waals surface area (Å²) in [7, 11) is 0. The molecule has 0 atom stereocenters. The molecule has 0 aliphatic rings. The molecule has 0 radical (unpaired) electrons. The van der Waals surface area contributed by atoms with Crippen molar-refractivity contribution in [2.45, 2.75) is 6.42 Å². The topological polar surface area (TPSA) is 104 Å². The fraction of sp³-hybridized carbons (Fsp3) is 0.133. The SMILES string of the molecule is O=C(COC(=O)Cc1ccsc1)Nc1cc2[nH]c(=O)[nH]c2cc1Br. The molecule has 0 aliphatic heterocycles. The van der Waals surface area contributed by atoms with E-state index in [0.717, 1.165) is 5.56 Å². The van der Waals surface area contributed by atoms with Crippen LogP contribution in [0, 0.1) is 0 Å². The van der Waals surface area contributed by atoms with Crippen LogP contribution < -0.4 is 11.0 Å². The molecule has 1 aromatic carbocycles. The van der Waals surface area contributed by atoms with Gasteiger partial charge in [0, 0.05) is 4.47 Å². The Kier molecular flexibility index (Phi) is 4.81. The number of hydrogen-bond acceptors (Lipinski definition) is 5. The van der Waals surface area contributed by atoms with Crippen LogP contribution >= 0.6 is 27.3 Å². The average molecular weight is 410 g/mol. The third kappa shape index (κ3) is 3.92. The van der Waals surface area contributed by atoms with Crippen LogP contribution in [0.25, 0.3) is 11.0 Å². The predicted molar refractivity (Wildman–Crippen MR) is 94.2 cm³/mol. The van der Waals surface area contributed by atoms with E-state index in [1.54, 1.807) is 12.1 Å². The second kappa shape index (κ2) is 7.02. The monoisotopic (exact) mass is 409 g/mol. The molecule has 2 aromatic heterocycles. The van der Waals surface area contributed by atoms with Crippen molar-refractivity contribution in [3.8, 4) is 0 Å². The number of carbonyl (C=O) groups is 2. The number of carbonyl (C=O) groups excluding carboxylic acids is 2. The zero-order chi connectivity index (χ0) is 17.1. The fourth-order valence-corrected chi connectivity index (χ4v) is 3.21. The zero-order valence-electron chi connectivity index (χ0n) is 12.2. The summed E-state index contributed by atoms with van der Waals surface area (Å²) >= 11 is 4.81. The number of imidazole rings is 1. The molecule has 0 saturated heterocycles. The van der Waals surface area contributed by atoms with Crippen molar-refractivity contribution in [3.05, 3.63) is 49.5 Å². The van der Waals surface area contributed by atoms with Crippen LogP contribution in [0.4, 0.5) is 5.69 Å². The van der Waals surface area contributed by atoms with Crippen molar-refractivity contribution in [1.82, 2.24) is 9.97 Å². The van der Waals surface area contributed by atoms with Gasteiger partial charge in [-0.15, -0.1) is 0 Å². The number of esters is 1. The van der Waals surface area contributed by atoms with Crippen LogP contribution in [0.1, 0.15) is 5.56 Å². The van der Waals surface area contributed by atoms with Crippen molar-refractivity contribution >= 4 is 55.9 Å². The first kappa shape index (κ1) is 16.5. The first-order valence-corrected chi connectivity index (χ1v) is 8.63. The van der Waals surface area contributed by atoms with Crippen molar-refractivity contribution in [2.75, 3.05) is 11.9 Å². The largest absolute Gasteiger partial charge is 0.455 e. The molecule has 3 rings (SSSR count). The Morgan fingerprint density at radius 1 is 1.25 bits per heavy atom. The number of anilines is 1. The zero-order valence-corrected chi connectivity index (χ0v) is 14.6.